The third kappa shape index (κ3) is 3.67. The van der Waals surface area contributed by atoms with E-state index in [4.69, 9.17) is 16.3 Å². The van der Waals surface area contributed by atoms with Gasteiger partial charge < -0.3 is 15.2 Å². The highest BCUT2D eigenvalue weighted by Crippen LogP contribution is 2.27. The van der Waals surface area contributed by atoms with Gasteiger partial charge in [-0.1, -0.05) is 11.6 Å². The Kier molecular flexibility index (Phi) is 5.06. The molecule has 0 bridgehead atoms. The summed E-state index contributed by atoms with van der Waals surface area (Å²) in [7, 11) is 1.67. The molecule has 2 N–H and O–H groups in total. The van der Waals surface area contributed by atoms with E-state index < -0.39 is 0 Å². The lowest BCUT2D eigenvalue weighted by Gasteiger charge is -2.20. The van der Waals surface area contributed by atoms with E-state index in [1.54, 1.807) is 25.3 Å². The predicted molar refractivity (Wildman–Crippen MR) is 66.0 cm³/mol. The summed E-state index contributed by atoms with van der Waals surface area (Å²) in [5.41, 5.74) is 0.801. The van der Waals surface area contributed by atoms with Crippen molar-refractivity contribution in [3.63, 3.8) is 0 Å². The Morgan fingerprint density at radius 1 is 1.44 bits per heavy atom. The maximum Gasteiger partial charge on any atom is 0.120 e. The second-order valence-electron chi connectivity index (χ2n) is 3.95. The Bertz CT molecular complexity index is 344. The van der Waals surface area contributed by atoms with E-state index >= 15 is 0 Å². The molecule has 16 heavy (non-hydrogen) atoms. The summed E-state index contributed by atoms with van der Waals surface area (Å²) in [5.74, 6) is 0.258. The van der Waals surface area contributed by atoms with Gasteiger partial charge in [-0.25, -0.2) is 0 Å². The van der Waals surface area contributed by atoms with E-state index in [1.165, 1.54) is 0 Å². The average molecular weight is 244 g/mol. The molecule has 0 radical (unpaired) electrons. The van der Waals surface area contributed by atoms with Gasteiger partial charge in [0.25, 0.3) is 0 Å². The molecule has 1 rings (SSSR count). The van der Waals surface area contributed by atoms with Crippen LogP contribution in [-0.4, -0.2) is 24.9 Å². The number of hydrogen-bond acceptors (Lipinski definition) is 3. The van der Waals surface area contributed by atoms with E-state index in [9.17, 15) is 5.11 Å². The van der Waals surface area contributed by atoms with Crippen LogP contribution in [0.2, 0.25) is 5.02 Å². The van der Waals surface area contributed by atoms with Crippen molar-refractivity contribution < 1.29 is 9.84 Å². The van der Waals surface area contributed by atoms with Crippen molar-refractivity contribution in [3.05, 3.63) is 28.8 Å². The zero-order valence-electron chi connectivity index (χ0n) is 9.83. The monoisotopic (exact) mass is 243 g/mol. The van der Waals surface area contributed by atoms with Crippen LogP contribution in [0.5, 0.6) is 5.75 Å². The molecular formula is C12H18ClNO2. The van der Waals surface area contributed by atoms with Crippen LogP contribution in [0.1, 0.15) is 25.5 Å². The quantitative estimate of drug-likeness (QED) is 0.836. The lowest BCUT2D eigenvalue weighted by Crippen LogP contribution is -2.32. The number of rotatable bonds is 5. The number of aromatic hydroxyl groups is 1. The number of phenolic OH excluding ortho intramolecular Hbond substituents is 1. The van der Waals surface area contributed by atoms with Crippen LogP contribution >= 0.6 is 11.6 Å². The van der Waals surface area contributed by atoms with Crippen molar-refractivity contribution in [1.82, 2.24) is 5.32 Å². The van der Waals surface area contributed by atoms with Crippen LogP contribution in [0.3, 0.4) is 0 Å². The molecule has 2 atom stereocenters. The number of hydrogen-bond donors (Lipinski definition) is 2. The van der Waals surface area contributed by atoms with Gasteiger partial charge in [0, 0.05) is 29.8 Å². The Morgan fingerprint density at radius 2 is 2.12 bits per heavy atom. The minimum Gasteiger partial charge on any atom is -0.508 e. The summed E-state index contributed by atoms with van der Waals surface area (Å²) in [5, 5.41) is 13.7. The maximum atomic E-state index is 9.72. The van der Waals surface area contributed by atoms with Crippen LogP contribution < -0.4 is 5.32 Å². The SMILES string of the molecule is COCC(C)NC(C)c1cc(Cl)ccc1O. The molecule has 0 aliphatic carbocycles. The molecule has 0 aromatic heterocycles. The van der Waals surface area contributed by atoms with Gasteiger partial charge in [-0.05, 0) is 32.0 Å². The van der Waals surface area contributed by atoms with Gasteiger partial charge in [0.05, 0.1) is 6.61 Å². The minimum absolute atomic E-state index is 0.0313. The molecule has 0 saturated carbocycles. The first-order valence-corrected chi connectivity index (χ1v) is 5.65. The fourth-order valence-electron chi connectivity index (χ4n) is 1.69. The highest BCUT2D eigenvalue weighted by molar-refractivity contribution is 6.30. The Morgan fingerprint density at radius 3 is 2.75 bits per heavy atom. The van der Waals surface area contributed by atoms with E-state index in [1.807, 2.05) is 13.8 Å². The minimum atomic E-state index is 0.0313. The molecule has 0 spiro atoms. The summed E-state index contributed by atoms with van der Waals surface area (Å²) < 4.78 is 5.04. The van der Waals surface area contributed by atoms with Crippen LogP contribution in [0.4, 0.5) is 0 Å². The zero-order chi connectivity index (χ0) is 12.1. The van der Waals surface area contributed by atoms with Crippen LogP contribution in [0.25, 0.3) is 0 Å². The highest BCUT2D eigenvalue weighted by atomic mass is 35.5. The van der Waals surface area contributed by atoms with Crippen molar-refractivity contribution in [2.24, 2.45) is 0 Å². The molecular weight excluding hydrogens is 226 g/mol. The predicted octanol–water partition coefficient (Wildman–Crippen LogP) is 2.73. The summed E-state index contributed by atoms with van der Waals surface area (Å²) in [6.45, 7) is 4.64. The summed E-state index contributed by atoms with van der Waals surface area (Å²) in [6.07, 6.45) is 0. The first-order valence-electron chi connectivity index (χ1n) is 5.28. The van der Waals surface area contributed by atoms with E-state index in [-0.39, 0.29) is 17.8 Å². The molecule has 1 aromatic carbocycles. The van der Waals surface area contributed by atoms with Gasteiger partial charge in [0.2, 0.25) is 0 Å². The third-order valence-corrected chi connectivity index (χ3v) is 2.64. The molecule has 1 aromatic rings. The average Bonchev–Trinajstić information content (AvgIpc) is 2.21. The van der Waals surface area contributed by atoms with Gasteiger partial charge in [0.1, 0.15) is 5.75 Å². The van der Waals surface area contributed by atoms with Crippen LogP contribution in [-0.2, 0) is 4.74 Å². The molecule has 2 unspecified atom stereocenters. The van der Waals surface area contributed by atoms with Crippen LogP contribution in [0, 0.1) is 0 Å². The number of halogens is 1. The topological polar surface area (TPSA) is 41.5 Å². The molecule has 4 heteroatoms. The molecule has 3 nitrogen and oxygen atoms in total. The van der Waals surface area contributed by atoms with Crippen molar-refractivity contribution in [2.45, 2.75) is 25.9 Å². The number of benzene rings is 1. The zero-order valence-corrected chi connectivity index (χ0v) is 10.6. The van der Waals surface area contributed by atoms with Crippen molar-refractivity contribution in [3.8, 4) is 5.75 Å². The van der Waals surface area contributed by atoms with E-state index in [0.29, 0.717) is 11.6 Å². The molecule has 0 saturated heterocycles. The second kappa shape index (κ2) is 6.09. The highest BCUT2D eigenvalue weighted by Gasteiger charge is 2.13. The largest absolute Gasteiger partial charge is 0.508 e. The standard InChI is InChI=1S/C12H18ClNO2/c1-8(7-16-3)14-9(2)11-6-10(13)4-5-12(11)15/h4-6,8-9,14-15H,7H2,1-3H3. The van der Waals surface area contributed by atoms with Gasteiger partial charge in [-0.2, -0.15) is 0 Å². The smallest absolute Gasteiger partial charge is 0.120 e. The Balaban J connectivity index is 2.72. The fraction of sp³-hybridized carbons (Fsp3) is 0.500. The first-order chi connectivity index (χ1) is 7.54. The van der Waals surface area contributed by atoms with Crippen molar-refractivity contribution >= 4 is 11.6 Å². The maximum absolute atomic E-state index is 9.72. The number of ether oxygens (including phenoxy) is 1. The first kappa shape index (κ1) is 13.3. The van der Waals surface area contributed by atoms with Gasteiger partial charge >= 0.3 is 0 Å². The fourth-order valence-corrected chi connectivity index (χ4v) is 1.87. The van der Waals surface area contributed by atoms with Gasteiger partial charge in [0.15, 0.2) is 0 Å². The van der Waals surface area contributed by atoms with Crippen LogP contribution in [0.15, 0.2) is 18.2 Å². The summed E-state index contributed by atoms with van der Waals surface area (Å²) >= 11 is 5.90. The molecule has 0 aliphatic heterocycles. The van der Waals surface area contributed by atoms with Gasteiger partial charge in [-0.15, -0.1) is 0 Å². The molecule has 0 fully saturated rings. The van der Waals surface area contributed by atoms with E-state index in [2.05, 4.69) is 5.32 Å². The summed E-state index contributed by atoms with van der Waals surface area (Å²) in [4.78, 5) is 0. The third-order valence-electron chi connectivity index (χ3n) is 2.41. The van der Waals surface area contributed by atoms with Crippen molar-refractivity contribution in [1.29, 1.82) is 0 Å². The number of phenols is 1. The molecule has 0 amide bonds. The molecule has 90 valence electrons. The number of methoxy groups -OCH3 is 1. The number of nitrogens with one attached hydrogen (secondary N) is 1. The lowest BCUT2D eigenvalue weighted by atomic mass is 10.1. The van der Waals surface area contributed by atoms with Crippen molar-refractivity contribution in [2.75, 3.05) is 13.7 Å². The second-order valence-corrected chi connectivity index (χ2v) is 4.38. The Hall–Kier alpha value is -0.770. The summed E-state index contributed by atoms with van der Waals surface area (Å²) in [6, 6.07) is 5.30. The Labute approximate surface area is 101 Å². The lowest BCUT2D eigenvalue weighted by molar-refractivity contribution is 0.167. The van der Waals surface area contributed by atoms with E-state index in [0.717, 1.165) is 5.56 Å². The van der Waals surface area contributed by atoms with Gasteiger partial charge in [-0.3, -0.25) is 0 Å². The molecule has 0 heterocycles. The molecule has 0 aliphatic rings. The normalized spacial score (nSPS) is 14.8.